The Morgan fingerprint density at radius 3 is 2.76 bits per heavy atom. The van der Waals surface area contributed by atoms with Crippen molar-refractivity contribution in [1.82, 2.24) is 9.29 Å². The van der Waals surface area contributed by atoms with E-state index in [4.69, 9.17) is 4.74 Å². The zero-order valence-corrected chi connectivity index (χ0v) is 16.9. The molecule has 3 rings (SSSR count). The first kappa shape index (κ1) is 21.5. The molecule has 0 unspecified atom stereocenters. The summed E-state index contributed by atoms with van der Waals surface area (Å²) in [7, 11) is 0. The van der Waals surface area contributed by atoms with Gasteiger partial charge in [-0.25, -0.2) is 14.2 Å². The molecule has 1 saturated heterocycles. The smallest absolute Gasteiger partial charge is 0.359 e. The molecule has 1 fully saturated rings. The van der Waals surface area contributed by atoms with Crippen molar-refractivity contribution in [3.8, 4) is 0 Å². The molecule has 1 aliphatic heterocycles. The highest BCUT2D eigenvalue weighted by molar-refractivity contribution is 7.97. The summed E-state index contributed by atoms with van der Waals surface area (Å²) < 4.78 is 19.7. The van der Waals surface area contributed by atoms with E-state index in [2.05, 4.69) is 10.3 Å². The molecule has 2 heterocycles. The fraction of sp³-hybridized carbons (Fsp3) is 0.400. The Hall–Kier alpha value is -2.20. The van der Waals surface area contributed by atoms with Crippen LogP contribution in [0.2, 0.25) is 0 Å². The molecule has 156 valence electrons. The van der Waals surface area contributed by atoms with Gasteiger partial charge in [0.15, 0.2) is 5.69 Å². The van der Waals surface area contributed by atoms with Crippen LogP contribution in [-0.4, -0.2) is 56.8 Å². The number of pyridine rings is 1. The molecule has 0 aliphatic carbocycles. The van der Waals surface area contributed by atoms with Crippen LogP contribution >= 0.6 is 11.9 Å². The highest BCUT2D eigenvalue weighted by atomic mass is 32.2. The number of hydrogen-bond donors (Lipinski definition) is 3. The van der Waals surface area contributed by atoms with E-state index in [0.717, 1.165) is 11.1 Å². The number of carbonyl (C=O) groups is 1. The van der Waals surface area contributed by atoms with Gasteiger partial charge in [-0.3, -0.25) is 0 Å². The largest absolute Gasteiger partial charge is 0.461 e. The van der Waals surface area contributed by atoms with Gasteiger partial charge in [0.2, 0.25) is 5.91 Å². The van der Waals surface area contributed by atoms with Crippen molar-refractivity contribution < 1.29 is 24.1 Å². The molecule has 0 radical (unpaired) electrons. The van der Waals surface area contributed by atoms with Crippen LogP contribution in [0.25, 0.3) is 0 Å². The number of halogens is 1. The highest BCUT2D eigenvalue weighted by Crippen LogP contribution is 2.31. The van der Waals surface area contributed by atoms with Crippen LogP contribution in [0.3, 0.4) is 0 Å². The Morgan fingerprint density at radius 1 is 1.34 bits per heavy atom. The maximum atomic E-state index is 13.1. The second kappa shape index (κ2) is 9.53. The third kappa shape index (κ3) is 5.66. The number of rotatable bonds is 8. The van der Waals surface area contributed by atoms with Crippen molar-refractivity contribution in [2.24, 2.45) is 0 Å². The van der Waals surface area contributed by atoms with E-state index in [9.17, 15) is 19.4 Å². The molecule has 9 heteroatoms. The molecule has 1 aromatic heterocycles. The number of nitrogens with zero attached hydrogens (tertiary/aromatic N) is 2. The highest BCUT2D eigenvalue weighted by Gasteiger charge is 2.37. The van der Waals surface area contributed by atoms with E-state index < -0.39 is 11.9 Å². The topological polar surface area (TPSA) is 94.9 Å². The maximum absolute atomic E-state index is 13.1. The lowest BCUT2D eigenvalue weighted by Gasteiger charge is -2.26. The van der Waals surface area contributed by atoms with Gasteiger partial charge < -0.3 is 20.3 Å². The van der Waals surface area contributed by atoms with Crippen molar-refractivity contribution in [2.45, 2.75) is 25.7 Å². The van der Waals surface area contributed by atoms with Gasteiger partial charge in [-0.1, -0.05) is 24.1 Å². The third-order valence-electron chi connectivity index (χ3n) is 4.45. The van der Waals surface area contributed by atoms with Crippen LogP contribution in [-0.2, 0) is 11.2 Å². The number of benzene rings is 1. The summed E-state index contributed by atoms with van der Waals surface area (Å²) in [5, 5.41) is 23.0. The van der Waals surface area contributed by atoms with Crippen molar-refractivity contribution in [2.75, 3.05) is 30.8 Å². The summed E-state index contributed by atoms with van der Waals surface area (Å²) in [5.74, 6) is -2.01. The minimum absolute atomic E-state index is 0.169. The van der Waals surface area contributed by atoms with Crippen molar-refractivity contribution in [1.29, 1.82) is 0 Å². The van der Waals surface area contributed by atoms with E-state index in [1.807, 2.05) is 6.07 Å². The monoisotopic (exact) mass is 421 g/mol. The minimum atomic E-state index is -1.82. The molecule has 0 atom stereocenters. The lowest BCUT2D eigenvalue weighted by molar-refractivity contribution is -0.222. The average molecular weight is 421 g/mol. The maximum Gasteiger partial charge on any atom is 0.359 e. The number of aromatic nitrogens is 1. The van der Waals surface area contributed by atoms with E-state index >= 15 is 0 Å². The fourth-order valence-corrected chi connectivity index (χ4v) is 4.10. The number of nitrogens with one attached hydrogen (secondary N) is 1. The van der Waals surface area contributed by atoms with Gasteiger partial charge in [-0.05, 0) is 42.7 Å². The standard InChI is InChI=1S/C20H24FN3O4S/c1-2-28-19(25)18-17(22-8-9-24-20(26,27)7-10-29-24)12-15(13-23-18)11-14-3-5-16(21)6-4-14/h3-6,12-13,22,26-27H,2,7-11H2,1H3. The summed E-state index contributed by atoms with van der Waals surface area (Å²) in [6.07, 6.45) is 2.41. The zero-order chi connectivity index (χ0) is 20.9. The van der Waals surface area contributed by atoms with Crippen LogP contribution in [0.1, 0.15) is 35.0 Å². The molecule has 2 aromatic rings. The molecule has 7 nitrogen and oxygen atoms in total. The molecule has 0 amide bonds. The van der Waals surface area contributed by atoms with Crippen LogP contribution in [0.4, 0.5) is 10.1 Å². The average Bonchev–Trinajstić information content (AvgIpc) is 3.02. The molecule has 29 heavy (non-hydrogen) atoms. The van der Waals surface area contributed by atoms with Gasteiger partial charge in [0.25, 0.3) is 0 Å². The van der Waals surface area contributed by atoms with E-state index in [1.54, 1.807) is 25.3 Å². The number of ether oxygens (including phenoxy) is 1. The first-order valence-corrected chi connectivity index (χ1v) is 10.3. The lowest BCUT2D eigenvalue weighted by atomic mass is 10.1. The predicted molar refractivity (Wildman–Crippen MR) is 109 cm³/mol. The van der Waals surface area contributed by atoms with E-state index in [0.29, 0.717) is 31.0 Å². The molecule has 3 N–H and O–H groups in total. The summed E-state index contributed by atoms with van der Waals surface area (Å²) in [4.78, 5) is 16.5. The summed E-state index contributed by atoms with van der Waals surface area (Å²) in [6.45, 7) is 2.70. The van der Waals surface area contributed by atoms with Crippen molar-refractivity contribution >= 4 is 23.6 Å². The molecule has 0 spiro atoms. The summed E-state index contributed by atoms with van der Waals surface area (Å²) >= 11 is 1.36. The molecule has 1 aromatic carbocycles. The fourth-order valence-electron chi connectivity index (χ4n) is 3.00. The number of aliphatic hydroxyl groups is 2. The Bertz CT molecular complexity index is 848. The Morgan fingerprint density at radius 2 is 2.10 bits per heavy atom. The van der Waals surface area contributed by atoms with Gasteiger partial charge in [0.1, 0.15) is 5.82 Å². The number of hydrogen-bond acceptors (Lipinski definition) is 8. The van der Waals surface area contributed by atoms with E-state index in [1.165, 1.54) is 28.4 Å². The van der Waals surface area contributed by atoms with Gasteiger partial charge in [-0.2, -0.15) is 4.31 Å². The predicted octanol–water partition coefficient (Wildman–Crippen LogP) is 2.39. The van der Waals surface area contributed by atoms with E-state index in [-0.39, 0.29) is 24.5 Å². The third-order valence-corrected chi connectivity index (χ3v) is 5.62. The van der Waals surface area contributed by atoms with Gasteiger partial charge in [-0.15, -0.1) is 0 Å². The molecular weight excluding hydrogens is 397 g/mol. The van der Waals surface area contributed by atoms with Crippen LogP contribution in [0, 0.1) is 5.82 Å². The van der Waals surface area contributed by atoms with Gasteiger partial charge >= 0.3 is 5.97 Å². The normalized spacial score (nSPS) is 16.0. The Labute approximate surface area is 173 Å². The van der Waals surface area contributed by atoms with Crippen LogP contribution in [0.5, 0.6) is 0 Å². The van der Waals surface area contributed by atoms with Crippen molar-refractivity contribution in [3.05, 3.63) is 59.2 Å². The Kier molecular flexibility index (Phi) is 7.07. The van der Waals surface area contributed by atoms with Crippen LogP contribution in [0.15, 0.2) is 36.5 Å². The van der Waals surface area contributed by atoms with Crippen LogP contribution < -0.4 is 5.32 Å². The minimum Gasteiger partial charge on any atom is -0.461 e. The summed E-state index contributed by atoms with van der Waals surface area (Å²) in [6, 6.07) is 8.02. The first-order valence-electron chi connectivity index (χ1n) is 9.38. The zero-order valence-electron chi connectivity index (χ0n) is 16.1. The quantitative estimate of drug-likeness (QED) is 0.340. The van der Waals surface area contributed by atoms with Crippen molar-refractivity contribution in [3.63, 3.8) is 0 Å². The Balaban J connectivity index is 1.73. The molecule has 1 aliphatic rings. The molecule has 0 bridgehead atoms. The summed E-state index contributed by atoms with van der Waals surface area (Å²) in [5.41, 5.74) is 2.44. The second-order valence-electron chi connectivity index (χ2n) is 6.65. The SMILES string of the molecule is CCOC(=O)c1ncc(Cc2ccc(F)cc2)cc1NCCN1SCCC1(O)O. The lowest BCUT2D eigenvalue weighted by Crippen LogP contribution is -2.42. The van der Waals surface area contributed by atoms with Gasteiger partial charge in [0.05, 0.1) is 12.3 Å². The second-order valence-corrected chi connectivity index (χ2v) is 7.76. The van der Waals surface area contributed by atoms with Gasteiger partial charge in [0, 0.05) is 31.5 Å². The first-order chi connectivity index (χ1) is 13.9. The number of anilines is 1. The number of carbonyl (C=O) groups excluding carboxylic acids is 1. The molecular formula is C20H24FN3O4S. The molecule has 0 saturated carbocycles. The number of esters is 1.